The molecule has 1 unspecified atom stereocenters. The molecule has 0 aliphatic carbocycles. The minimum Gasteiger partial charge on any atom is -0.383 e. The van der Waals surface area contributed by atoms with Crippen LogP contribution in [-0.2, 0) is 11.2 Å². The van der Waals surface area contributed by atoms with Crippen molar-refractivity contribution in [1.29, 1.82) is 0 Å². The van der Waals surface area contributed by atoms with Gasteiger partial charge in [0.05, 0.1) is 6.61 Å². The quantitative estimate of drug-likeness (QED) is 0.794. The van der Waals surface area contributed by atoms with E-state index in [1.54, 1.807) is 18.4 Å². The number of rotatable bonds is 7. The first-order valence-corrected chi connectivity index (χ1v) is 8.92. The van der Waals surface area contributed by atoms with Crippen LogP contribution < -0.4 is 5.32 Å². The van der Waals surface area contributed by atoms with Gasteiger partial charge in [-0.1, -0.05) is 18.2 Å². The van der Waals surface area contributed by atoms with Crippen molar-refractivity contribution in [1.82, 2.24) is 15.5 Å². The molecule has 112 valence electrons. The molecule has 0 saturated carbocycles. The summed E-state index contributed by atoms with van der Waals surface area (Å²) in [6.45, 7) is 2.56. The van der Waals surface area contributed by atoms with Gasteiger partial charge in [0.2, 0.25) is 0 Å². The largest absolute Gasteiger partial charge is 0.383 e. The lowest BCUT2D eigenvalue weighted by Gasteiger charge is -2.05. The highest BCUT2D eigenvalue weighted by atomic mass is 32.2. The van der Waals surface area contributed by atoms with Gasteiger partial charge < -0.3 is 10.1 Å². The smallest absolute Gasteiger partial charge is 0.125 e. The van der Waals surface area contributed by atoms with Crippen LogP contribution in [0.4, 0.5) is 0 Å². The summed E-state index contributed by atoms with van der Waals surface area (Å²) in [6.07, 6.45) is 0.933. The van der Waals surface area contributed by atoms with Crippen LogP contribution in [0, 0.1) is 0 Å². The number of thioether (sulfide) groups is 1. The third-order valence-electron chi connectivity index (χ3n) is 3.48. The molecule has 1 aromatic heterocycles. The Morgan fingerprint density at radius 1 is 1.29 bits per heavy atom. The normalized spacial score (nSPS) is 17.1. The molecule has 2 aromatic rings. The molecule has 6 heteroatoms. The first-order chi connectivity index (χ1) is 10.4. The Bertz CT molecular complexity index is 588. The highest BCUT2D eigenvalue weighted by Gasteiger charge is 2.27. The van der Waals surface area contributed by atoms with Crippen molar-refractivity contribution in [3.63, 3.8) is 0 Å². The molecule has 1 atom stereocenters. The molecule has 3 rings (SSSR count). The first-order valence-electron chi connectivity index (χ1n) is 7.12. The van der Waals surface area contributed by atoms with E-state index in [2.05, 4.69) is 39.8 Å². The van der Waals surface area contributed by atoms with Crippen molar-refractivity contribution in [3.8, 4) is 0 Å². The maximum Gasteiger partial charge on any atom is 0.125 e. The molecule has 0 saturated heterocycles. The first kappa shape index (κ1) is 15.0. The zero-order chi connectivity index (χ0) is 14.5. The molecule has 0 fully saturated rings. The summed E-state index contributed by atoms with van der Waals surface area (Å²) in [7, 11) is 1.72. The number of hydrogen-bond donors (Lipinski definition) is 1. The molecular weight excluding hydrogens is 302 g/mol. The monoisotopic (exact) mass is 321 g/mol. The molecule has 1 aliphatic rings. The Morgan fingerprint density at radius 2 is 2.19 bits per heavy atom. The summed E-state index contributed by atoms with van der Waals surface area (Å²) in [4.78, 5) is 1.39. The van der Waals surface area contributed by atoms with E-state index in [4.69, 9.17) is 4.74 Å². The molecule has 1 aromatic carbocycles. The third kappa shape index (κ3) is 3.63. The summed E-state index contributed by atoms with van der Waals surface area (Å²) < 4.78 is 5.01. The van der Waals surface area contributed by atoms with Crippen molar-refractivity contribution < 1.29 is 4.74 Å². The highest BCUT2D eigenvalue weighted by molar-refractivity contribution is 7.99. The Kier molecular flexibility index (Phi) is 5.24. The second-order valence-electron chi connectivity index (χ2n) is 4.93. The highest BCUT2D eigenvalue weighted by Crippen LogP contribution is 2.43. The lowest BCUT2D eigenvalue weighted by Crippen LogP contribution is -2.21. The molecule has 1 aliphatic heterocycles. The van der Waals surface area contributed by atoms with Crippen molar-refractivity contribution >= 4 is 23.1 Å². The molecule has 0 bridgehead atoms. The fraction of sp³-hybridized carbons (Fsp3) is 0.467. The van der Waals surface area contributed by atoms with Crippen molar-refractivity contribution in [2.24, 2.45) is 0 Å². The topological polar surface area (TPSA) is 47.0 Å². The van der Waals surface area contributed by atoms with E-state index in [1.165, 1.54) is 10.5 Å². The average molecular weight is 321 g/mol. The minimum atomic E-state index is 0.416. The van der Waals surface area contributed by atoms with E-state index < -0.39 is 0 Å². The lowest BCUT2D eigenvalue weighted by molar-refractivity contribution is 0.199. The molecule has 0 amide bonds. The van der Waals surface area contributed by atoms with Gasteiger partial charge in [-0.25, -0.2) is 0 Å². The van der Waals surface area contributed by atoms with E-state index >= 15 is 0 Å². The lowest BCUT2D eigenvalue weighted by atomic mass is 10.0. The molecular formula is C15H19N3OS2. The predicted octanol–water partition coefficient (Wildman–Crippen LogP) is 2.55. The Morgan fingerprint density at radius 3 is 3.10 bits per heavy atom. The Balaban J connectivity index is 1.58. The second kappa shape index (κ2) is 7.35. The zero-order valence-electron chi connectivity index (χ0n) is 12.0. The van der Waals surface area contributed by atoms with Gasteiger partial charge in [0.15, 0.2) is 0 Å². The Labute approximate surface area is 133 Å². The SMILES string of the molecule is COCCNCCc1nnc(C2CSc3ccccc32)s1. The van der Waals surface area contributed by atoms with Crippen LogP contribution in [-0.4, -0.2) is 42.8 Å². The summed E-state index contributed by atoms with van der Waals surface area (Å²) >= 11 is 3.67. The molecule has 0 radical (unpaired) electrons. The maximum absolute atomic E-state index is 5.01. The van der Waals surface area contributed by atoms with E-state index in [1.807, 2.05) is 11.8 Å². The van der Waals surface area contributed by atoms with E-state index in [9.17, 15) is 0 Å². The molecule has 0 spiro atoms. The molecule has 2 heterocycles. The number of fused-ring (bicyclic) bond motifs is 1. The van der Waals surface area contributed by atoms with Gasteiger partial charge in [-0.3, -0.25) is 0 Å². The summed E-state index contributed by atoms with van der Waals surface area (Å²) in [5.74, 6) is 1.50. The number of hydrogen-bond acceptors (Lipinski definition) is 6. The van der Waals surface area contributed by atoms with Crippen LogP contribution in [0.1, 0.15) is 21.5 Å². The van der Waals surface area contributed by atoms with Gasteiger partial charge in [0.25, 0.3) is 0 Å². The van der Waals surface area contributed by atoms with Gasteiger partial charge in [-0.15, -0.1) is 33.3 Å². The maximum atomic E-state index is 5.01. The predicted molar refractivity (Wildman–Crippen MR) is 87.4 cm³/mol. The van der Waals surface area contributed by atoms with Gasteiger partial charge >= 0.3 is 0 Å². The van der Waals surface area contributed by atoms with E-state index in [0.717, 1.165) is 41.9 Å². The number of aromatic nitrogens is 2. The van der Waals surface area contributed by atoms with Crippen LogP contribution in [0.3, 0.4) is 0 Å². The Hall–Kier alpha value is -0.950. The fourth-order valence-electron chi connectivity index (χ4n) is 2.37. The number of methoxy groups -OCH3 is 1. The molecule has 4 nitrogen and oxygen atoms in total. The van der Waals surface area contributed by atoms with Crippen molar-refractivity contribution in [3.05, 3.63) is 39.8 Å². The fourth-order valence-corrected chi connectivity index (χ4v) is 4.67. The van der Waals surface area contributed by atoms with E-state index in [-0.39, 0.29) is 0 Å². The number of nitrogens with one attached hydrogen (secondary N) is 1. The van der Waals surface area contributed by atoms with Crippen LogP contribution in [0.25, 0.3) is 0 Å². The number of ether oxygens (including phenoxy) is 1. The van der Waals surface area contributed by atoms with Crippen molar-refractivity contribution in [2.45, 2.75) is 17.2 Å². The van der Waals surface area contributed by atoms with Crippen LogP contribution >= 0.6 is 23.1 Å². The molecule has 1 N–H and O–H groups in total. The van der Waals surface area contributed by atoms with Gasteiger partial charge in [-0.05, 0) is 11.6 Å². The third-order valence-corrected chi connectivity index (χ3v) is 5.76. The van der Waals surface area contributed by atoms with Crippen LogP contribution in [0.5, 0.6) is 0 Å². The summed E-state index contributed by atoms with van der Waals surface area (Å²) in [5, 5.41) is 14.4. The summed E-state index contributed by atoms with van der Waals surface area (Å²) in [6, 6.07) is 8.62. The number of nitrogens with zero attached hydrogens (tertiary/aromatic N) is 2. The standard InChI is InChI=1S/C15H19N3OS2/c1-19-9-8-16-7-6-14-17-18-15(21-14)12-10-20-13-5-3-2-4-11(12)13/h2-5,12,16H,6-10H2,1H3. The van der Waals surface area contributed by atoms with E-state index in [0.29, 0.717) is 5.92 Å². The van der Waals surface area contributed by atoms with Crippen LogP contribution in [0.15, 0.2) is 29.2 Å². The minimum absolute atomic E-state index is 0.416. The van der Waals surface area contributed by atoms with Crippen molar-refractivity contribution in [2.75, 3.05) is 32.6 Å². The second-order valence-corrected chi connectivity index (χ2v) is 7.08. The van der Waals surface area contributed by atoms with Gasteiger partial charge in [0.1, 0.15) is 10.0 Å². The van der Waals surface area contributed by atoms with Gasteiger partial charge in [0, 0.05) is 43.2 Å². The summed E-state index contributed by atoms with van der Waals surface area (Å²) in [5.41, 5.74) is 1.41. The van der Waals surface area contributed by atoms with Gasteiger partial charge in [-0.2, -0.15) is 0 Å². The van der Waals surface area contributed by atoms with Crippen LogP contribution in [0.2, 0.25) is 0 Å². The number of benzene rings is 1. The zero-order valence-corrected chi connectivity index (χ0v) is 13.7. The molecule has 21 heavy (non-hydrogen) atoms. The average Bonchev–Trinajstić information content (AvgIpc) is 3.13.